The summed E-state index contributed by atoms with van der Waals surface area (Å²) in [7, 11) is 0. The molecular weight excluding hydrogens is 271 g/mol. The molecule has 0 radical (unpaired) electrons. The molecule has 0 aliphatic heterocycles. The van der Waals surface area contributed by atoms with Crippen molar-refractivity contribution >= 4 is 6.08 Å². The highest BCUT2D eigenvalue weighted by molar-refractivity contribution is 5.73. The van der Waals surface area contributed by atoms with Crippen LogP contribution in [0.2, 0.25) is 0 Å². The highest BCUT2D eigenvalue weighted by Crippen LogP contribution is 2.57. The fourth-order valence-corrected chi connectivity index (χ4v) is 4.27. The van der Waals surface area contributed by atoms with E-state index in [2.05, 4.69) is 50.3 Å². The Hall–Kier alpha value is -2.15. The molecule has 0 spiro atoms. The Bertz CT molecular complexity index is 795. The number of benzene rings is 2. The summed E-state index contributed by atoms with van der Waals surface area (Å²) in [5, 5.41) is 0. The Balaban J connectivity index is 1.97. The first-order chi connectivity index (χ1) is 10.6. The third-order valence-electron chi connectivity index (χ3n) is 5.50. The van der Waals surface area contributed by atoms with Crippen LogP contribution in [0.4, 0.5) is 4.39 Å². The SMILES string of the molecule is CC1=CCC2(c3ccc(F)cc3)C1=Cc1ccccc1C2C. The fraction of sp³-hybridized carbons (Fsp3) is 0.238. The molecule has 2 unspecified atom stereocenters. The summed E-state index contributed by atoms with van der Waals surface area (Å²) in [5.41, 5.74) is 6.62. The van der Waals surface area contributed by atoms with Crippen molar-refractivity contribution in [1.82, 2.24) is 0 Å². The fourth-order valence-electron chi connectivity index (χ4n) is 4.27. The van der Waals surface area contributed by atoms with Gasteiger partial charge in [-0.1, -0.05) is 61.0 Å². The Morgan fingerprint density at radius 1 is 1.05 bits per heavy atom. The molecule has 0 saturated heterocycles. The second-order valence-electron chi connectivity index (χ2n) is 6.48. The van der Waals surface area contributed by atoms with Crippen molar-refractivity contribution in [1.29, 1.82) is 0 Å². The van der Waals surface area contributed by atoms with Gasteiger partial charge in [0.05, 0.1) is 0 Å². The van der Waals surface area contributed by atoms with Crippen LogP contribution in [-0.4, -0.2) is 0 Å². The first kappa shape index (κ1) is 13.5. The van der Waals surface area contributed by atoms with Crippen molar-refractivity contribution in [3.8, 4) is 0 Å². The summed E-state index contributed by atoms with van der Waals surface area (Å²) >= 11 is 0. The summed E-state index contributed by atoms with van der Waals surface area (Å²) in [4.78, 5) is 0. The third-order valence-corrected chi connectivity index (χ3v) is 5.50. The number of halogens is 1. The molecule has 0 saturated carbocycles. The Morgan fingerprint density at radius 2 is 1.77 bits per heavy atom. The first-order valence-electron chi connectivity index (χ1n) is 7.87. The van der Waals surface area contributed by atoms with Crippen LogP contribution in [0.1, 0.15) is 42.9 Å². The van der Waals surface area contributed by atoms with Crippen molar-refractivity contribution in [2.24, 2.45) is 0 Å². The van der Waals surface area contributed by atoms with E-state index >= 15 is 0 Å². The zero-order chi connectivity index (χ0) is 15.3. The van der Waals surface area contributed by atoms with Crippen molar-refractivity contribution in [2.45, 2.75) is 31.6 Å². The standard InChI is InChI=1S/C21H19F/c1-14-11-12-21(17-7-9-18(22)10-8-17)15(2)19-6-4-3-5-16(19)13-20(14)21/h3-11,13,15H,12H2,1-2H3. The lowest BCUT2D eigenvalue weighted by atomic mass is 9.60. The van der Waals surface area contributed by atoms with Gasteiger partial charge in [-0.3, -0.25) is 0 Å². The summed E-state index contributed by atoms with van der Waals surface area (Å²) in [6, 6.07) is 15.7. The second-order valence-corrected chi connectivity index (χ2v) is 6.48. The monoisotopic (exact) mass is 290 g/mol. The van der Waals surface area contributed by atoms with E-state index in [1.165, 1.54) is 27.8 Å². The van der Waals surface area contributed by atoms with Gasteiger partial charge in [0.15, 0.2) is 0 Å². The van der Waals surface area contributed by atoms with E-state index in [-0.39, 0.29) is 11.2 Å². The summed E-state index contributed by atoms with van der Waals surface area (Å²) < 4.78 is 13.4. The highest BCUT2D eigenvalue weighted by atomic mass is 19.1. The summed E-state index contributed by atoms with van der Waals surface area (Å²) in [5.74, 6) is 0.208. The van der Waals surface area contributed by atoms with Gasteiger partial charge in [0.2, 0.25) is 0 Å². The van der Waals surface area contributed by atoms with Crippen LogP contribution in [0.5, 0.6) is 0 Å². The largest absolute Gasteiger partial charge is 0.207 e. The zero-order valence-corrected chi connectivity index (χ0v) is 12.9. The van der Waals surface area contributed by atoms with Gasteiger partial charge < -0.3 is 0 Å². The molecule has 0 aromatic heterocycles. The minimum atomic E-state index is -0.169. The van der Waals surface area contributed by atoms with E-state index in [4.69, 9.17) is 0 Å². The maximum atomic E-state index is 13.4. The topological polar surface area (TPSA) is 0 Å². The number of hydrogen-bond donors (Lipinski definition) is 0. The molecule has 4 rings (SSSR count). The van der Waals surface area contributed by atoms with E-state index in [0.29, 0.717) is 5.92 Å². The van der Waals surface area contributed by atoms with E-state index in [9.17, 15) is 4.39 Å². The summed E-state index contributed by atoms with van der Waals surface area (Å²) in [6.07, 6.45) is 5.65. The first-order valence-corrected chi connectivity index (χ1v) is 7.87. The average molecular weight is 290 g/mol. The zero-order valence-electron chi connectivity index (χ0n) is 12.9. The van der Waals surface area contributed by atoms with Gasteiger partial charge >= 0.3 is 0 Å². The normalized spacial score (nSPS) is 26.0. The second kappa shape index (κ2) is 4.67. The smallest absolute Gasteiger partial charge is 0.123 e. The van der Waals surface area contributed by atoms with Crippen LogP contribution in [0.25, 0.3) is 6.08 Å². The Kier molecular flexibility index (Phi) is 2.87. The molecule has 0 nitrogen and oxygen atoms in total. The molecule has 2 aromatic rings. The Morgan fingerprint density at radius 3 is 2.55 bits per heavy atom. The van der Waals surface area contributed by atoms with Crippen molar-refractivity contribution < 1.29 is 4.39 Å². The van der Waals surface area contributed by atoms with Crippen LogP contribution >= 0.6 is 0 Å². The third kappa shape index (κ3) is 1.68. The molecule has 2 aliphatic carbocycles. The predicted octanol–water partition coefficient (Wildman–Crippen LogP) is 5.61. The minimum Gasteiger partial charge on any atom is -0.207 e. The molecule has 0 bridgehead atoms. The quantitative estimate of drug-likeness (QED) is 0.640. The number of hydrogen-bond acceptors (Lipinski definition) is 0. The molecule has 0 N–H and O–H groups in total. The van der Waals surface area contributed by atoms with Crippen LogP contribution in [-0.2, 0) is 5.41 Å². The highest BCUT2D eigenvalue weighted by Gasteiger charge is 2.47. The molecule has 1 heteroatoms. The minimum absolute atomic E-state index is 0.0495. The van der Waals surface area contributed by atoms with Crippen LogP contribution in [0.15, 0.2) is 65.8 Å². The number of allylic oxidation sites excluding steroid dienone is 3. The molecule has 2 aliphatic rings. The lowest BCUT2D eigenvalue weighted by molar-refractivity contribution is 0.442. The Labute approximate surface area is 131 Å². The molecule has 22 heavy (non-hydrogen) atoms. The molecule has 0 heterocycles. The molecule has 0 fully saturated rings. The van der Waals surface area contributed by atoms with Gasteiger partial charge in [0.25, 0.3) is 0 Å². The van der Waals surface area contributed by atoms with Crippen molar-refractivity contribution in [3.63, 3.8) is 0 Å². The molecular formula is C21H19F. The van der Waals surface area contributed by atoms with Gasteiger partial charge in [-0.2, -0.15) is 0 Å². The van der Waals surface area contributed by atoms with Gasteiger partial charge in [0.1, 0.15) is 5.82 Å². The van der Waals surface area contributed by atoms with Crippen molar-refractivity contribution in [3.05, 3.63) is 88.3 Å². The number of rotatable bonds is 1. The van der Waals surface area contributed by atoms with Gasteiger partial charge in [-0.25, -0.2) is 4.39 Å². The van der Waals surface area contributed by atoms with Gasteiger partial charge in [0, 0.05) is 5.41 Å². The van der Waals surface area contributed by atoms with E-state index in [1.807, 2.05) is 12.1 Å². The van der Waals surface area contributed by atoms with Crippen LogP contribution in [0.3, 0.4) is 0 Å². The van der Waals surface area contributed by atoms with Gasteiger partial charge in [-0.15, -0.1) is 0 Å². The van der Waals surface area contributed by atoms with Crippen LogP contribution < -0.4 is 0 Å². The average Bonchev–Trinajstić information content (AvgIpc) is 2.87. The van der Waals surface area contributed by atoms with E-state index in [0.717, 1.165) is 6.42 Å². The van der Waals surface area contributed by atoms with E-state index in [1.54, 1.807) is 12.1 Å². The van der Waals surface area contributed by atoms with E-state index < -0.39 is 0 Å². The lowest BCUT2D eigenvalue weighted by Crippen LogP contribution is -2.34. The molecule has 110 valence electrons. The van der Waals surface area contributed by atoms with Crippen LogP contribution in [0, 0.1) is 5.82 Å². The summed E-state index contributed by atoms with van der Waals surface area (Å²) in [6.45, 7) is 4.50. The maximum Gasteiger partial charge on any atom is 0.123 e. The number of fused-ring (bicyclic) bond motifs is 2. The molecule has 2 atom stereocenters. The maximum absolute atomic E-state index is 13.4. The molecule has 2 aromatic carbocycles. The lowest BCUT2D eigenvalue weighted by Gasteiger charge is -2.42. The molecule has 0 amide bonds. The van der Waals surface area contributed by atoms with Gasteiger partial charge in [-0.05, 0) is 53.7 Å². The van der Waals surface area contributed by atoms with Crippen molar-refractivity contribution in [2.75, 3.05) is 0 Å². The predicted molar refractivity (Wildman–Crippen MR) is 89.3 cm³/mol.